The lowest BCUT2D eigenvalue weighted by Gasteiger charge is -2.39. The lowest BCUT2D eigenvalue weighted by Crippen LogP contribution is -2.49. The summed E-state index contributed by atoms with van der Waals surface area (Å²) in [5, 5.41) is 6.92. The summed E-state index contributed by atoms with van der Waals surface area (Å²) in [7, 11) is 0. The van der Waals surface area contributed by atoms with Crippen LogP contribution in [0.3, 0.4) is 0 Å². The second-order valence-electron chi connectivity index (χ2n) is 8.70. The minimum atomic E-state index is -0.683. The SMILES string of the molecule is NN1CCC(CN2CCN(c3c(F)cc(NC4CCC(=O)NC4=O)cc3F)CC2)CC1. The van der Waals surface area contributed by atoms with Gasteiger partial charge >= 0.3 is 0 Å². The highest BCUT2D eigenvalue weighted by molar-refractivity contribution is 6.01. The van der Waals surface area contributed by atoms with Crippen LogP contribution in [0.5, 0.6) is 0 Å². The van der Waals surface area contributed by atoms with Crippen molar-refractivity contribution in [3.05, 3.63) is 23.8 Å². The molecule has 0 aliphatic carbocycles. The van der Waals surface area contributed by atoms with Gasteiger partial charge in [-0.05, 0) is 37.3 Å². The minimum Gasteiger partial charge on any atom is -0.373 e. The molecule has 1 aromatic rings. The third-order valence-electron chi connectivity index (χ3n) is 6.45. The largest absolute Gasteiger partial charge is 0.373 e. The average molecular weight is 437 g/mol. The van der Waals surface area contributed by atoms with E-state index in [1.165, 1.54) is 12.1 Å². The summed E-state index contributed by atoms with van der Waals surface area (Å²) in [6.45, 7) is 5.48. The van der Waals surface area contributed by atoms with Crippen LogP contribution in [0.1, 0.15) is 25.7 Å². The Morgan fingerprint density at radius 1 is 1.00 bits per heavy atom. The van der Waals surface area contributed by atoms with Crippen molar-refractivity contribution >= 4 is 23.2 Å². The number of hydrogen-bond acceptors (Lipinski definition) is 7. The first kappa shape index (κ1) is 21.9. The number of nitrogens with two attached hydrogens (primary N) is 1. The number of halogens is 2. The van der Waals surface area contributed by atoms with Gasteiger partial charge in [-0.2, -0.15) is 0 Å². The van der Waals surface area contributed by atoms with Crippen LogP contribution in [0, 0.1) is 17.6 Å². The first-order valence-corrected chi connectivity index (χ1v) is 11.0. The standard InChI is InChI=1S/C21H30F2N6O2/c22-16-11-15(25-18-1-2-19(30)26-21(18)31)12-17(23)20(16)28-9-7-27(8-10-28)13-14-3-5-29(24)6-4-14/h11-12,14,18,25H,1-10,13,24H2,(H,26,30,31). The number of carbonyl (C=O) groups excluding carboxylic acids is 2. The maximum Gasteiger partial charge on any atom is 0.249 e. The van der Waals surface area contributed by atoms with E-state index in [9.17, 15) is 18.4 Å². The molecule has 0 aromatic heterocycles. The summed E-state index contributed by atoms with van der Waals surface area (Å²) < 4.78 is 29.6. The van der Waals surface area contributed by atoms with Crippen LogP contribution in [0.4, 0.5) is 20.2 Å². The van der Waals surface area contributed by atoms with E-state index in [1.54, 1.807) is 4.90 Å². The quantitative estimate of drug-likeness (QED) is 0.466. The fraction of sp³-hybridized carbons (Fsp3) is 0.619. The molecule has 2 amide bonds. The van der Waals surface area contributed by atoms with Crippen molar-refractivity contribution in [1.29, 1.82) is 0 Å². The van der Waals surface area contributed by atoms with Crippen molar-refractivity contribution < 1.29 is 18.4 Å². The third kappa shape index (κ3) is 5.31. The molecule has 3 heterocycles. The third-order valence-corrected chi connectivity index (χ3v) is 6.45. The number of imide groups is 1. The average Bonchev–Trinajstić information content (AvgIpc) is 2.73. The number of carbonyl (C=O) groups is 2. The molecule has 0 radical (unpaired) electrons. The highest BCUT2D eigenvalue weighted by atomic mass is 19.1. The van der Waals surface area contributed by atoms with Crippen LogP contribution in [0.2, 0.25) is 0 Å². The van der Waals surface area contributed by atoms with Crippen LogP contribution < -0.4 is 21.4 Å². The van der Waals surface area contributed by atoms with Gasteiger partial charge in [-0.1, -0.05) is 0 Å². The number of rotatable bonds is 5. The Balaban J connectivity index is 1.33. The molecule has 4 N–H and O–H groups in total. The maximum atomic E-state index is 14.8. The zero-order chi connectivity index (χ0) is 22.0. The molecule has 170 valence electrons. The van der Waals surface area contributed by atoms with Gasteiger partial charge in [-0.15, -0.1) is 0 Å². The zero-order valence-corrected chi connectivity index (χ0v) is 17.6. The summed E-state index contributed by atoms with van der Waals surface area (Å²) in [6.07, 6.45) is 2.66. The molecule has 3 fully saturated rings. The number of nitrogens with zero attached hydrogens (tertiary/aromatic N) is 3. The van der Waals surface area contributed by atoms with Crippen LogP contribution in [-0.2, 0) is 9.59 Å². The van der Waals surface area contributed by atoms with Gasteiger partial charge in [0.15, 0.2) is 11.6 Å². The first-order valence-electron chi connectivity index (χ1n) is 11.0. The van der Waals surface area contributed by atoms with E-state index in [-0.39, 0.29) is 23.7 Å². The van der Waals surface area contributed by atoms with Gasteiger partial charge in [0.25, 0.3) is 0 Å². The minimum absolute atomic E-state index is 0.0232. The van der Waals surface area contributed by atoms with Gasteiger partial charge in [0.05, 0.1) is 0 Å². The summed E-state index contributed by atoms with van der Waals surface area (Å²) >= 11 is 0. The van der Waals surface area contributed by atoms with Crippen LogP contribution in [0.15, 0.2) is 12.1 Å². The molecule has 10 heteroatoms. The summed E-state index contributed by atoms with van der Waals surface area (Å²) in [6, 6.07) is 1.75. The van der Waals surface area contributed by atoms with Gasteiger partial charge < -0.3 is 10.2 Å². The molecule has 1 aromatic carbocycles. The summed E-state index contributed by atoms with van der Waals surface area (Å²) in [5.74, 6) is 4.32. The molecule has 0 bridgehead atoms. The van der Waals surface area contributed by atoms with Crippen molar-refractivity contribution in [1.82, 2.24) is 15.2 Å². The Morgan fingerprint density at radius 2 is 1.65 bits per heavy atom. The molecule has 3 aliphatic rings. The number of nitrogens with one attached hydrogen (secondary N) is 2. The number of anilines is 2. The van der Waals surface area contributed by atoms with Crippen LogP contribution in [-0.4, -0.2) is 73.6 Å². The Morgan fingerprint density at radius 3 is 2.26 bits per heavy atom. The van der Waals surface area contributed by atoms with Crippen LogP contribution in [0.25, 0.3) is 0 Å². The smallest absolute Gasteiger partial charge is 0.249 e. The Hall–Kier alpha value is -2.30. The lowest BCUT2D eigenvalue weighted by atomic mass is 9.97. The number of piperazine rings is 1. The van der Waals surface area contributed by atoms with Gasteiger partial charge in [0.2, 0.25) is 11.8 Å². The number of benzene rings is 1. The summed E-state index contributed by atoms with van der Waals surface area (Å²) in [5.41, 5.74) is 0.169. The highest BCUT2D eigenvalue weighted by Gasteiger charge is 2.28. The molecule has 0 saturated carbocycles. The molecule has 0 spiro atoms. The molecular weight excluding hydrogens is 406 g/mol. The van der Waals surface area contributed by atoms with E-state index in [1.807, 2.05) is 5.01 Å². The highest BCUT2D eigenvalue weighted by Crippen LogP contribution is 2.29. The monoisotopic (exact) mass is 436 g/mol. The van der Waals surface area contributed by atoms with E-state index in [2.05, 4.69) is 15.5 Å². The molecule has 1 unspecified atom stereocenters. The number of hydrogen-bond donors (Lipinski definition) is 3. The second-order valence-corrected chi connectivity index (χ2v) is 8.70. The van der Waals surface area contributed by atoms with Crippen molar-refractivity contribution in [2.24, 2.45) is 11.8 Å². The molecule has 4 rings (SSSR count). The normalized spacial score (nSPS) is 24.4. The molecular formula is C21H30F2N6O2. The van der Waals surface area contributed by atoms with E-state index in [0.717, 1.165) is 45.6 Å². The van der Waals surface area contributed by atoms with Crippen molar-refractivity contribution in [3.8, 4) is 0 Å². The topological polar surface area (TPSA) is 93.9 Å². The Bertz CT molecular complexity index is 799. The zero-order valence-electron chi connectivity index (χ0n) is 17.6. The number of amides is 2. The molecule has 1 atom stereocenters. The van der Waals surface area contributed by atoms with Gasteiger partial charge in [-0.3, -0.25) is 25.6 Å². The van der Waals surface area contributed by atoms with Gasteiger partial charge in [0.1, 0.15) is 11.7 Å². The van der Waals surface area contributed by atoms with Crippen molar-refractivity contribution in [2.75, 3.05) is 56.0 Å². The predicted octanol–water partition coefficient (Wildman–Crippen LogP) is 0.890. The Labute approximate surface area is 180 Å². The molecule has 3 aliphatic heterocycles. The van der Waals surface area contributed by atoms with Crippen molar-refractivity contribution in [2.45, 2.75) is 31.7 Å². The molecule has 31 heavy (non-hydrogen) atoms. The van der Waals surface area contributed by atoms with Crippen molar-refractivity contribution in [3.63, 3.8) is 0 Å². The number of piperidine rings is 2. The van der Waals surface area contributed by atoms with E-state index in [4.69, 9.17) is 5.84 Å². The Kier molecular flexibility index (Phi) is 6.68. The van der Waals surface area contributed by atoms with Gasteiger partial charge in [0, 0.05) is 57.9 Å². The maximum absolute atomic E-state index is 14.8. The van der Waals surface area contributed by atoms with Crippen LogP contribution >= 0.6 is 0 Å². The van der Waals surface area contributed by atoms with E-state index >= 15 is 0 Å². The fourth-order valence-corrected chi connectivity index (χ4v) is 4.64. The fourth-order valence-electron chi connectivity index (χ4n) is 4.64. The predicted molar refractivity (Wildman–Crippen MR) is 113 cm³/mol. The first-order chi connectivity index (χ1) is 14.9. The van der Waals surface area contributed by atoms with E-state index < -0.39 is 23.6 Å². The number of hydrazine groups is 1. The second kappa shape index (κ2) is 9.46. The molecule has 8 nitrogen and oxygen atoms in total. The lowest BCUT2D eigenvalue weighted by molar-refractivity contribution is -0.133. The summed E-state index contributed by atoms with van der Waals surface area (Å²) in [4.78, 5) is 27.2. The van der Waals surface area contributed by atoms with Gasteiger partial charge in [-0.25, -0.2) is 13.8 Å². The molecule has 3 saturated heterocycles. The van der Waals surface area contributed by atoms with E-state index in [0.29, 0.717) is 25.4 Å².